The first kappa shape index (κ1) is 18.5. The Bertz CT molecular complexity index is 1220. The van der Waals surface area contributed by atoms with Gasteiger partial charge < -0.3 is 11.1 Å². The summed E-state index contributed by atoms with van der Waals surface area (Å²) in [5.74, 6) is -0.0866. The third-order valence-corrected chi connectivity index (χ3v) is 4.61. The van der Waals surface area contributed by atoms with E-state index in [4.69, 9.17) is 5.73 Å². The minimum atomic E-state index is -0.355. The molecule has 0 aliphatic rings. The molecule has 0 spiro atoms. The number of pyridine rings is 1. The zero-order valence-corrected chi connectivity index (χ0v) is 15.9. The van der Waals surface area contributed by atoms with Gasteiger partial charge in [-0.2, -0.15) is 0 Å². The number of nitrogen functional groups attached to an aromatic ring is 1. The molecule has 144 valence electrons. The molecule has 0 aliphatic heterocycles. The highest BCUT2D eigenvalue weighted by molar-refractivity contribution is 6.14. The standard InChI is InChI=1S/C22H18FN5O/c1-12-19-18(27-13(2)26-12)10-17(24)21(20(19)14-5-7-16(23)8-6-14)28-22(29)15-4-3-9-25-11-15/h3-11H,24H2,1-2H3,(H,28,29). The van der Waals surface area contributed by atoms with Crippen LogP contribution in [-0.4, -0.2) is 20.9 Å². The Hall–Kier alpha value is -3.87. The molecule has 0 saturated carbocycles. The maximum atomic E-state index is 13.5. The van der Waals surface area contributed by atoms with Gasteiger partial charge in [-0.05, 0) is 49.7 Å². The Labute approximate surface area is 166 Å². The number of fused-ring (bicyclic) bond motifs is 1. The smallest absolute Gasteiger partial charge is 0.257 e. The minimum absolute atomic E-state index is 0.349. The Balaban J connectivity index is 1.98. The van der Waals surface area contributed by atoms with Crippen LogP contribution >= 0.6 is 0 Å². The van der Waals surface area contributed by atoms with E-state index in [1.807, 2.05) is 6.92 Å². The fraction of sp³-hybridized carbons (Fsp3) is 0.0909. The predicted molar refractivity (Wildman–Crippen MR) is 111 cm³/mol. The van der Waals surface area contributed by atoms with Gasteiger partial charge in [-0.25, -0.2) is 14.4 Å². The van der Waals surface area contributed by atoms with Crippen molar-refractivity contribution in [2.75, 3.05) is 11.1 Å². The van der Waals surface area contributed by atoms with Crippen molar-refractivity contribution in [2.24, 2.45) is 0 Å². The van der Waals surface area contributed by atoms with E-state index in [1.54, 1.807) is 43.5 Å². The largest absolute Gasteiger partial charge is 0.397 e. The lowest BCUT2D eigenvalue weighted by molar-refractivity contribution is 0.102. The SMILES string of the molecule is Cc1nc(C)c2c(-c3ccc(F)cc3)c(NC(=O)c3cccnc3)c(N)cc2n1. The van der Waals surface area contributed by atoms with E-state index in [9.17, 15) is 9.18 Å². The van der Waals surface area contributed by atoms with Crippen molar-refractivity contribution >= 4 is 28.2 Å². The Morgan fingerprint density at radius 2 is 1.86 bits per heavy atom. The van der Waals surface area contributed by atoms with Gasteiger partial charge in [0.1, 0.15) is 11.6 Å². The number of carbonyl (C=O) groups excluding carboxylic acids is 1. The molecule has 0 atom stereocenters. The fourth-order valence-electron chi connectivity index (χ4n) is 3.36. The molecule has 4 rings (SSSR count). The molecule has 6 nitrogen and oxygen atoms in total. The first-order valence-electron chi connectivity index (χ1n) is 8.99. The zero-order chi connectivity index (χ0) is 20.5. The molecule has 2 aromatic carbocycles. The van der Waals surface area contributed by atoms with Crippen molar-refractivity contribution in [1.82, 2.24) is 15.0 Å². The molecule has 2 heterocycles. The van der Waals surface area contributed by atoms with Gasteiger partial charge in [-0.15, -0.1) is 0 Å². The summed E-state index contributed by atoms with van der Waals surface area (Å²) in [7, 11) is 0. The van der Waals surface area contributed by atoms with Gasteiger partial charge in [0, 0.05) is 29.0 Å². The number of nitrogens with one attached hydrogen (secondary N) is 1. The van der Waals surface area contributed by atoms with Crippen LogP contribution in [0.15, 0.2) is 54.9 Å². The van der Waals surface area contributed by atoms with Gasteiger partial charge in [0.05, 0.1) is 22.5 Å². The summed E-state index contributed by atoms with van der Waals surface area (Å²) in [5.41, 5.74) is 10.2. The number of amides is 1. The number of hydrogen-bond acceptors (Lipinski definition) is 5. The van der Waals surface area contributed by atoms with Gasteiger partial charge in [0.2, 0.25) is 0 Å². The Kier molecular flexibility index (Phi) is 4.64. The average molecular weight is 387 g/mol. The highest BCUT2D eigenvalue weighted by atomic mass is 19.1. The highest BCUT2D eigenvalue weighted by Gasteiger charge is 2.20. The molecule has 0 unspecified atom stereocenters. The molecule has 1 amide bonds. The normalized spacial score (nSPS) is 10.9. The minimum Gasteiger partial charge on any atom is -0.397 e. The number of halogens is 1. The second kappa shape index (κ2) is 7.27. The molecule has 4 aromatic rings. The molecule has 0 bridgehead atoms. The molecule has 0 aliphatic carbocycles. The summed E-state index contributed by atoms with van der Waals surface area (Å²) in [6, 6.07) is 11.1. The van der Waals surface area contributed by atoms with Crippen LogP contribution < -0.4 is 11.1 Å². The fourth-order valence-corrected chi connectivity index (χ4v) is 3.36. The van der Waals surface area contributed by atoms with E-state index in [0.29, 0.717) is 39.4 Å². The molecule has 3 N–H and O–H groups in total. The van der Waals surface area contributed by atoms with Crippen LogP contribution in [0.4, 0.5) is 15.8 Å². The Morgan fingerprint density at radius 1 is 1.10 bits per heavy atom. The molecular weight excluding hydrogens is 369 g/mol. The zero-order valence-electron chi connectivity index (χ0n) is 15.9. The number of hydrogen-bond donors (Lipinski definition) is 2. The van der Waals surface area contributed by atoms with Crippen molar-refractivity contribution in [1.29, 1.82) is 0 Å². The van der Waals surface area contributed by atoms with E-state index < -0.39 is 0 Å². The van der Waals surface area contributed by atoms with Crippen LogP contribution in [0.25, 0.3) is 22.0 Å². The van der Waals surface area contributed by atoms with Gasteiger partial charge in [0.15, 0.2) is 0 Å². The second-order valence-corrected chi connectivity index (χ2v) is 6.67. The van der Waals surface area contributed by atoms with Gasteiger partial charge >= 0.3 is 0 Å². The third-order valence-electron chi connectivity index (χ3n) is 4.61. The maximum Gasteiger partial charge on any atom is 0.257 e. The van der Waals surface area contributed by atoms with Crippen molar-refractivity contribution in [3.8, 4) is 11.1 Å². The van der Waals surface area contributed by atoms with Crippen molar-refractivity contribution in [3.05, 3.63) is 77.8 Å². The maximum absolute atomic E-state index is 13.5. The van der Waals surface area contributed by atoms with Crippen LogP contribution in [0.5, 0.6) is 0 Å². The summed E-state index contributed by atoms with van der Waals surface area (Å²) >= 11 is 0. The number of aryl methyl sites for hydroxylation is 2. The molecule has 0 fully saturated rings. The molecule has 0 saturated heterocycles. The molecular formula is C22H18FN5O. The molecule has 2 aromatic heterocycles. The van der Waals surface area contributed by atoms with E-state index in [0.717, 1.165) is 11.1 Å². The topological polar surface area (TPSA) is 93.8 Å². The number of carbonyl (C=O) groups is 1. The second-order valence-electron chi connectivity index (χ2n) is 6.67. The number of benzene rings is 2. The van der Waals surface area contributed by atoms with Crippen molar-refractivity contribution in [3.63, 3.8) is 0 Å². The average Bonchev–Trinajstić information content (AvgIpc) is 2.70. The summed E-state index contributed by atoms with van der Waals surface area (Å²) < 4.78 is 13.5. The van der Waals surface area contributed by atoms with Gasteiger partial charge in [-0.1, -0.05) is 12.1 Å². The molecule has 0 radical (unpaired) electrons. The van der Waals surface area contributed by atoms with Gasteiger partial charge in [0.25, 0.3) is 5.91 Å². The number of nitrogens with two attached hydrogens (primary N) is 1. The lowest BCUT2D eigenvalue weighted by atomic mass is 9.96. The summed E-state index contributed by atoms with van der Waals surface area (Å²) in [6.45, 7) is 3.67. The van der Waals surface area contributed by atoms with Crippen LogP contribution in [-0.2, 0) is 0 Å². The molecule has 7 heteroatoms. The number of aromatic nitrogens is 3. The summed E-state index contributed by atoms with van der Waals surface area (Å²) in [4.78, 5) is 25.7. The van der Waals surface area contributed by atoms with Crippen LogP contribution in [0, 0.1) is 19.7 Å². The first-order valence-corrected chi connectivity index (χ1v) is 8.99. The van der Waals surface area contributed by atoms with Crippen LogP contribution in [0.2, 0.25) is 0 Å². The van der Waals surface area contributed by atoms with Crippen LogP contribution in [0.1, 0.15) is 21.9 Å². The van der Waals surface area contributed by atoms with E-state index in [2.05, 4.69) is 20.3 Å². The first-order chi connectivity index (χ1) is 13.9. The summed E-state index contributed by atoms with van der Waals surface area (Å²) in [5, 5.41) is 3.64. The number of rotatable bonds is 3. The quantitative estimate of drug-likeness (QED) is 0.512. The molecule has 29 heavy (non-hydrogen) atoms. The lowest BCUT2D eigenvalue weighted by Crippen LogP contribution is -2.15. The Morgan fingerprint density at radius 3 is 2.55 bits per heavy atom. The lowest BCUT2D eigenvalue weighted by Gasteiger charge is -2.18. The van der Waals surface area contributed by atoms with Crippen molar-refractivity contribution in [2.45, 2.75) is 13.8 Å². The summed E-state index contributed by atoms with van der Waals surface area (Å²) in [6.07, 6.45) is 3.07. The monoisotopic (exact) mass is 387 g/mol. The van der Waals surface area contributed by atoms with Gasteiger partial charge in [-0.3, -0.25) is 9.78 Å². The number of anilines is 2. The number of nitrogens with zero attached hydrogens (tertiary/aromatic N) is 3. The van der Waals surface area contributed by atoms with E-state index in [-0.39, 0.29) is 11.7 Å². The highest BCUT2D eigenvalue weighted by Crippen LogP contribution is 2.40. The predicted octanol–water partition coefficient (Wildman–Crippen LogP) is 4.28. The van der Waals surface area contributed by atoms with E-state index in [1.165, 1.54) is 18.3 Å². The van der Waals surface area contributed by atoms with Crippen LogP contribution in [0.3, 0.4) is 0 Å². The van der Waals surface area contributed by atoms with E-state index >= 15 is 0 Å². The third kappa shape index (κ3) is 3.50. The van der Waals surface area contributed by atoms with Crippen molar-refractivity contribution < 1.29 is 9.18 Å².